The van der Waals surface area contributed by atoms with Gasteiger partial charge < -0.3 is 14.4 Å². The summed E-state index contributed by atoms with van der Waals surface area (Å²) in [5.74, 6) is 0.195. The molecule has 10 heteroatoms. The molecule has 1 fully saturated rings. The van der Waals surface area contributed by atoms with Crippen LogP contribution in [0.4, 0.5) is 4.39 Å². The molecule has 8 nitrogen and oxygen atoms in total. The lowest BCUT2D eigenvalue weighted by atomic mass is 9.93. The van der Waals surface area contributed by atoms with E-state index in [0.717, 1.165) is 43.0 Å². The number of carboxylic acids is 1. The summed E-state index contributed by atoms with van der Waals surface area (Å²) in [5, 5.41) is 9.56. The lowest BCUT2D eigenvalue weighted by Gasteiger charge is -2.31. The third kappa shape index (κ3) is 5.17. The number of imidazole rings is 1. The minimum atomic E-state index is -1.05. The lowest BCUT2D eigenvalue weighted by Crippen LogP contribution is -2.33. The zero-order chi connectivity index (χ0) is 25.2. The number of benzene rings is 1. The Morgan fingerprint density at radius 3 is 2.75 bits per heavy atom. The third-order valence-corrected chi connectivity index (χ3v) is 6.82. The quantitative estimate of drug-likeness (QED) is 0.382. The predicted molar refractivity (Wildman–Crippen MR) is 133 cm³/mol. The fourth-order valence-electron chi connectivity index (χ4n) is 4.52. The topological polar surface area (TPSA) is 93.4 Å². The van der Waals surface area contributed by atoms with Crippen molar-refractivity contribution in [3.05, 3.63) is 82.3 Å². The molecule has 0 bridgehead atoms. The number of fused-ring (bicyclic) bond motifs is 1. The summed E-state index contributed by atoms with van der Waals surface area (Å²) >= 11 is 5.82. The summed E-state index contributed by atoms with van der Waals surface area (Å²) < 4.78 is 21.7. The van der Waals surface area contributed by atoms with Crippen LogP contribution in [0, 0.1) is 5.82 Å². The molecule has 1 aliphatic rings. The van der Waals surface area contributed by atoms with Gasteiger partial charge in [-0.1, -0.05) is 23.7 Å². The average Bonchev–Trinajstić information content (AvgIpc) is 3.18. The zero-order valence-electron chi connectivity index (χ0n) is 19.7. The van der Waals surface area contributed by atoms with Gasteiger partial charge in [0.05, 0.1) is 18.3 Å². The molecular weight excluding hydrogens is 485 g/mol. The number of likely N-dealkylation sites (tertiary alicyclic amines) is 1. The molecule has 4 heterocycles. The van der Waals surface area contributed by atoms with E-state index >= 15 is 0 Å². The molecule has 36 heavy (non-hydrogen) atoms. The Balaban J connectivity index is 1.20. The molecule has 186 valence electrons. The van der Waals surface area contributed by atoms with Gasteiger partial charge in [0.25, 0.3) is 0 Å². The Labute approximate surface area is 212 Å². The van der Waals surface area contributed by atoms with Gasteiger partial charge in [0.2, 0.25) is 5.88 Å². The second kappa shape index (κ2) is 10.2. The first-order valence-electron chi connectivity index (χ1n) is 11.7. The number of hydrogen-bond donors (Lipinski definition) is 1. The number of carboxylic acid groups (broad SMARTS) is 1. The molecule has 4 aromatic rings. The number of ether oxygens (including phenoxy) is 1. The number of carbonyl (C=O) groups is 1. The van der Waals surface area contributed by atoms with Crippen LogP contribution in [0.1, 0.15) is 46.3 Å². The molecule has 1 saturated heterocycles. The van der Waals surface area contributed by atoms with E-state index in [9.17, 15) is 14.3 Å². The standard InChI is InChI=1S/C26H25ClFN5O3/c1-32-23-12-21(26(34)35)29-13-22(23)30-24(32)14-33-9-7-16(8-10-33)20-3-2-4-25(31-20)36-15-17-5-6-18(27)11-19(17)28/h2-6,11-13,16H,7-10,14-15H2,1H3,(H,34,35). The van der Waals surface area contributed by atoms with Crippen LogP contribution < -0.4 is 4.74 Å². The van der Waals surface area contributed by atoms with Crippen LogP contribution in [0.15, 0.2) is 48.7 Å². The highest BCUT2D eigenvalue weighted by Gasteiger charge is 2.23. The number of aryl methyl sites for hydroxylation is 1. The van der Waals surface area contributed by atoms with Crippen LogP contribution in [-0.4, -0.2) is 48.6 Å². The molecule has 5 rings (SSSR count). The van der Waals surface area contributed by atoms with E-state index in [-0.39, 0.29) is 12.3 Å². The van der Waals surface area contributed by atoms with Gasteiger partial charge in [-0.05, 0) is 50.2 Å². The molecule has 1 aliphatic heterocycles. The first kappa shape index (κ1) is 24.1. The molecule has 1 N–H and O–H groups in total. The highest BCUT2D eigenvalue weighted by atomic mass is 35.5. The van der Waals surface area contributed by atoms with E-state index in [1.165, 1.54) is 12.3 Å². The zero-order valence-corrected chi connectivity index (χ0v) is 20.5. The van der Waals surface area contributed by atoms with Crippen LogP contribution in [0.3, 0.4) is 0 Å². The molecule has 1 aromatic carbocycles. The van der Waals surface area contributed by atoms with Crippen molar-refractivity contribution in [1.82, 2.24) is 24.4 Å². The monoisotopic (exact) mass is 509 g/mol. The number of hydrogen-bond acceptors (Lipinski definition) is 6. The summed E-state index contributed by atoms with van der Waals surface area (Å²) in [4.78, 5) is 26.9. The molecule has 0 spiro atoms. The maximum absolute atomic E-state index is 14.0. The molecule has 0 amide bonds. The average molecular weight is 510 g/mol. The molecular formula is C26H25ClFN5O3. The van der Waals surface area contributed by atoms with Crippen molar-refractivity contribution < 1.29 is 19.0 Å². The highest BCUT2D eigenvalue weighted by molar-refractivity contribution is 6.30. The smallest absolute Gasteiger partial charge is 0.354 e. The molecule has 0 aliphatic carbocycles. The number of aromatic carboxylic acids is 1. The fourth-order valence-corrected chi connectivity index (χ4v) is 4.68. The second-order valence-electron chi connectivity index (χ2n) is 8.93. The van der Waals surface area contributed by atoms with Crippen LogP contribution in [0.2, 0.25) is 5.02 Å². The van der Waals surface area contributed by atoms with Gasteiger partial charge >= 0.3 is 5.97 Å². The molecule has 0 radical (unpaired) electrons. The lowest BCUT2D eigenvalue weighted by molar-refractivity contribution is 0.0690. The highest BCUT2D eigenvalue weighted by Crippen LogP contribution is 2.29. The number of piperidine rings is 1. The number of rotatable bonds is 7. The van der Waals surface area contributed by atoms with Gasteiger partial charge in [0, 0.05) is 35.3 Å². The van der Waals surface area contributed by atoms with E-state index in [4.69, 9.17) is 16.3 Å². The Bertz CT molecular complexity index is 1420. The van der Waals surface area contributed by atoms with Crippen molar-refractivity contribution in [2.45, 2.75) is 31.9 Å². The van der Waals surface area contributed by atoms with E-state index < -0.39 is 11.8 Å². The summed E-state index contributed by atoms with van der Waals surface area (Å²) in [6.45, 7) is 2.52. The van der Waals surface area contributed by atoms with Gasteiger partial charge in [-0.15, -0.1) is 0 Å². The second-order valence-corrected chi connectivity index (χ2v) is 9.36. The van der Waals surface area contributed by atoms with E-state index in [1.54, 1.807) is 24.3 Å². The van der Waals surface area contributed by atoms with Crippen LogP contribution in [-0.2, 0) is 20.2 Å². The predicted octanol–water partition coefficient (Wildman–Crippen LogP) is 4.81. The van der Waals surface area contributed by atoms with E-state index in [0.29, 0.717) is 34.4 Å². The first-order chi connectivity index (χ1) is 17.4. The van der Waals surface area contributed by atoms with Crippen LogP contribution in [0.25, 0.3) is 11.0 Å². The fraction of sp³-hybridized carbons (Fsp3) is 0.308. The Kier molecular flexibility index (Phi) is 6.84. The van der Waals surface area contributed by atoms with Gasteiger partial charge in [-0.2, -0.15) is 0 Å². The van der Waals surface area contributed by atoms with Crippen molar-refractivity contribution in [1.29, 1.82) is 0 Å². The Hall–Kier alpha value is -3.56. The molecule has 3 aromatic heterocycles. The number of nitrogens with zero attached hydrogens (tertiary/aromatic N) is 5. The maximum Gasteiger partial charge on any atom is 0.354 e. The first-order valence-corrected chi connectivity index (χ1v) is 12.1. The largest absolute Gasteiger partial charge is 0.477 e. The molecule has 0 atom stereocenters. The van der Waals surface area contributed by atoms with Gasteiger partial charge in [0.15, 0.2) is 0 Å². The van der Waals surface area contributed by atoms with Crippen molar-refractivity contribution in [3.8, 4) is 5.88 Å². The molecule has 0 unspecified atom stereocenters. The number of aromatic nitrogens is 4. The van der Waals surface area contributed by atoms with Crippen molar-refractivity contribution in [2.75, 3.05) is 13.1 Å². The van der Waals surface area contributed by atoms with Crippen molar-refractivity contribution in [3.63, 3.8) is 0 Å². The van der Waals surface area contributed by atoms with Crippen LogP contribution in [0.5, 0.6) is 5.88 Å². The Morgan fingerprint density at radius 1 is 1.19 bits per heavy atom. The van der Waals surface area contributed by atoms with Crippen molar-refractivity contribution in [2.24, 2.45) is 7.05 Å². The van der Waals surface area contributed by atoms with Crippen molar-refractivity contribution >= 4 is 28.6 Å². The summed E-state index contributed by atoms with van der Waals surface area (Å²) in [6.07, 6.45) is 3.39. The summed E-state index contributed by atoms with van der Waals surface area (Å²) in [7, 11) is 1.90. The SMILES string of the molecule is Cn1c(CN2CCC(c3cccc(OCc4ccc(Cl)cc4F)n3)CC2)nc2cnc(C(=O)O)cc21. The van der Waals surface area contributed by atoms with Gasteiger partial charge in [0.1, 0.15) is 29.5 Å². The Morgan fingerprint density at radius 2 is 2.00 bits per heavy atom. The maximum atomic E-state index is 14.0. The minimum Gasteiger partial charge on any atom is -0.477 e. The summed E-state index contributed by atoms with van der Waals surface area (Å²) in [6, 6.07) is 11.8. The normalized spacial score (nSPS) is 14.9. The van der Waals surface area contributed by atoms with E-state index in [1.807, 2.05) is 23.7 Å². The van der Waals surface area contributed by atoms with E-state index in [2.05, 4.69) is 19.9 Å². The van der Waals surface area contributed by atoms with Gasteiger partial charge in [-0.3, -0.25) is 4.90 Å². The minimum absolute atomic E-state index is 0.00914. The summed E-state index contributed by atoms with van der Waals surface area (Å²) in [5.41, 5.74) is 2.85. The van der Waals surface area contributed by atoms with Gasteiger partial charge in [-0.25, -0.2) is 24.1 Å². The molecule has 0 saturated carbocycles. The number of halogens is 2. The third-order valence-electron chi connectivity index (χ3n) is 6.59. The number of pyridine rings is 2. The van der Waals surface area contributed by atoms with Crippen LogP contribution >= 0.6 is 11.6 Å².